The SMILES string of the molecule is CCCCCC(=O)OC(COc1ccccc1)COc1c2ccccc2c(OCC(COc2ccccc2)OC(=O)CCCCC)c2cc(CC)ccc12. The lowest BCUT2D eigenvalue weighted by Crippen LogP contribution is -2.31. The van der Waals surface area contributed by atoms with Crippen LogP contribution in [0.4, 0.5) is 0 Å². The Bertz CT molecular complexity index is 1890. The zero-order valence-electron chi connectivity index (χ0n) is 31.9. The molecule has 0 heterocycles. The first-order valence-electron chi connectivity index (χ1n) is 19.5. The van der Waals surface area contributed by atoms with E-state index in [0.717, 1.165) is 72.1 Å². The van der Waals surface area contributed by atoms with Crippen LogP contribution in [0.3, 0.4) is 0 Å². The van der Waals surface area contributed by atoms with Gasteiger partial charge in [0, 0.05) is 34.4 Å². The number of hydrogen-bond donors (Lipinski definition) is 0. The smallest absolute Gasteiger partial charge is 0.306 e. The first-order valence-corrected chi connectivity index (χ1v) is 19.5. The largest absolute Gasteiger partial charge is 0.490 e. The van der Waals surface area contributed by atoms with Crippen LogP contribution in [-0.4, -0.2) is 50.6 Å². The molecule has 0 aliphatic rings. The number of unbranched alkanes of at least 4 members (excludes halogenated alkanes) is 4. The van der Waals surface area contributed by atoms with Gasteiger partial charge in [0.25, 0.3) is 0 Å². The summed E-state index contributed by atoms with van der Waals surface area (Å²) in [6.45, 7) is 6.79. The van der Waals surface area contributed by atoms with Crippen LogP contribution in [-0.2, 0) is 25.5 Å². The summed E-state index contributed by atoms with van der Waals surface area (Å²) in [6.07, 6.45) is 5.74. The van der Waals surface area contributed by atoms with Gasteiger partial charge in [0.05, 0.1) is 0 Å². The van der Waals surface area contributed by atoms with E-state index < -0.39 is 12.2 Å². The molecule has 2 atom stereocenters. The molecular formula is C46H54O8. The fraction of sp³-hybridized carbons (Fsp3) is 0.391. The number of ether oxygens (including phenoxy) is 6. The monoisotopic (exact) mass is 734 g/mol. The molecule has 54 heavy (non-hydrogen) atoms. The molecule has 286 valence electrons. The predicted molar refractivity (Wildman–Crippen MR) is 214 cm³/mol. The highest BCUT2D eigenvalue weighted by atomic mass is 16.6. The Balaban J connectivity index is 1.43. The van der Waals surface area contributed by atoms with E-state index in [-0.39, 0.29) is 38.4 Å². The molecule has 8 nitrogen and oxygen atoms in total. The summed E-state index contributed by atoms with van der Waals surface area (Å²) < 4.78 is 37.3. The Kier molecular flexibility index (Phi) is 15.9. The van der Waals surface area contributed by atoms with Crippen LogP contribution < -0.4 is 18.9 Å². The summed E-state index contributed by atoms with van der Waals surface area (Å²) >= 11 is 0. The molecule has 0 saturated carbocycles. The van der Waals surface area contributed by atoms with Crippen molar-refractivity contribution in [2.45, 2.75) is 90.8 Å². The molecule has 2 unspecified atom stereocenters. The molecule has 0 aliphatic heterocycles. The van der Waals surface area contributed by atoms with Gasteiger partial charge in [-0.3, -0.25) is 9.59 Å². The highest BCUT2D eigenvalue weighted by Crippen LogP contribution is 2.43. The fourth-order valence-corrected chi connectivity index (χ4v) is 6.20. The molecule has 0 bridgehead atoms. The number of esters is 2. The second kappa shape index (κ2) is 21.5. The Labute approximate surface area is 319 Å². The molecule has 0 saturated heterocycles. The van der Waals surface area contributed by atoms with Crippen molar-refractivity contribution in [2.75, 3.05) is 26.4 Å². The summed E-state index contributed by atoms with van der Waals surface area (Å²) in [5.41, 5.74) is 1.13. The molecule has 0 radical (unpaired) electrons. The van der Waals surface area contributed by atoms with Gasteiger partial charge in [-0.05, 0) is 55.2 Å². The van der Waals surface area contributed by atoms with Gasteiger partial charge in [0.15, 0.2) is 12.2 Å². The lowest BCUT2D eigenvalue weighted by Gasteiger charge is -2.23. The van der Waals surface area contributed by atoms with Crippen LogP contribution in [0, 0.1) is 0 Å². The van der Waals surface area contributed by atoms with Crippen molar-refractivity contribution in [2.24, 2.45) is 0 Å². The van der Waals surface area contributed by atoms with E-state index in [0.29, 0.717) is 35.8 Å². The molecule has 0 spiro atoms. The Morgan fingerprint density at radius 3 is 1.37 bits per heavy atom. The second-order valence-electron chi connectivity index (χ2n) is 13.4. The van der Waals surface area contributed by atoms with Crippen LogP contribution in [0.1, 0.15) is 77.7 Å². The number of rotatable bonds is 23. The van der Waals surface area contributed by atoms with Crippen molar-refractivity contribution in [1.29, 1.82) is 0 Å². The Morgan fingerprint density at radius 1 is 0.481 bits per heavy atom. The van der Waals surface area contributed by atoms with Crippen molar-refractivity contribution >= 4 is 33.5 Å². The molecule has 0 aromatic heterocycles. The third-order valence-corrected chi connectivity index (χ3v) is 9.15. The van der Waals surface area contributed by atoms with Crippen LogP contribution in [0.2, 0.25) is 0 Å². The molecule has 0 amide bonds. The lowest BCUT2D eigenvalue weighted by molar-refractivity contribution is -0.153. The standard InChI is InChI=1S/C46H54O8/c1-4-7-11-25-43(47)53-37(30-49-35-19-13-9-14-20-35)32-51-45-39-23-17-18-24-40(39)46(42-29-34(6-3)27-28-41(42)45)52-33-38(54-44(48)26-12-8-5-2)31-50-36-21-15-10-16-22-36/h9-10,13-24,27-29,37-38H,4-8,11-12,25-26,30-33H2,1-3H3. The quantitative estimate of drug-likeness (QED) is 0.0372. The molecule has 5 aromatic rings. The second-order valence-corrected chi connectivity index (χ2v) is 13.4. The molecule has 0 N–H and O–H groups in total. The summed E-state index contributed by atoms with van der Waals surface area (Å²) in [4.78, 5) is 25.8. The average molecular weight is 735 g/mol. The number of hydrogen-bond acceptors (Lipinski definition) is 8. The third kappa shape index (κ3) is 11.9. The van der Waals surface area contributed by atoms with Crippen LogP contribution in [0.25, 0.3) is 21.5 Å². The number of para-hydroxylation sites is 2. The van der Waals surface area contributed by atoms with Gasteiger partial charge in [0.1, 0.15) is 49.4 Å². The minimum Gasteiger partial charge on any atom is -0.490 e. The van der Waals surface area contributed by atoms with Crippen molar-refractivity contribution in [3.05, 3.63) is 109 Å². The topological polar surface area (TPSA) is 89.5 Å². The number of carbonyl (C=O) groups is 2. The number of aryl methyl sites for hydroxylation is 1. The van der Waals surface area contributed by atoms with Crippen molar-refractivity contribution in [3.63, 3.8) is 0 Å². The first kappa shape index (κ1) is 40.0. The van der Waals surface area contributed by atoms with Crippen molar-refractivity contribution in [3.8, 4) is 23.0 Å². The maximum absolute atomic E-state index is 12.9. The van der Waals surface area contributed by atoms with Gasteiger partial charge in [-0.15, -0.1) is 0 Å². The maximum atomic E-state index is 12.9. The predicted octanol–water partition coefficient (Wildman–Crippen LogP) is 10.5. The van der Waals surface area contributed by atoms with E-state index in [1.807, 2.05) is 84.9 Å². The van der Waals surface area contributed by atoms with E-state index in [4.69, 9.17) is 28.4 Å². The van der Waals surface area contributed by atoms with E-state index in [1.165, 1.54) is 0 Å². The number of benzene rings is 5. The molecule has 5 rings (SSSR count). The van der Waals surface area contributed by atoms with E-state index in [2.05, 4.69) is 39.0 Å². The number of carbonyl (C=O) groups excluding carboxylic acids is 2. The molecule has 0 fully saturated rings. The molecule has 0 aliphatic carbocycles. The highest BCUT2D eigenvalue weighted by Gasteiger charge is 2.23. The first-order chi connectivity index (χ1) is 26.5. The van der Waals surface area contributed by atoms with Gasteiger partial charge < -0.3 is 28.4 Å². The van der Waals surface area contributed by atoms with E-state index in [1.54, 1.807) is 0 Å². The normalized spacial score (nSPS) is 12.2. The van der Waals surface area contributed by atoms with Crippen molar-refractivity contribution in [1.82, 2.24) is 0 Å². The van der Waals surface area contributed by atoms with Crippen LogP contribution >= 0.6 is 0 Å². The lowest BCUT2D eigenvalue weighted by atomic mass is 9.98. The molecule has 5 aromatic carbocycles. The summed E-state index contributed by atoms with van der Waals surface area (Å²) in [5, 5.41) is 3.41. The summed E-state index contributed by atoms with van der Waals surface area (Å²) in [7, 11) is 0. The van der Waals surface area contributed by atoms with Crippen LogP contribution in [0.15, 0.2) is 103 Å². The molecular weight excluding hydrogens is 680 g/mol. The van der Waals surface area contributed by atoms with Gasteiger partial charge in [-0.2, -0.15) is 0 Å². The van der Waals surface area contributed by atoms with Crippen molar-refractivity contribution < 1.29 is 38.0 Å². The van der Waals surface area contributed by atoms with Gasteiger partial charge in [-0.25, -0.2) is 0 Å². The summed E-state index contributed by atoms with van der Waals surface area (Å²) in [5.74, 6) is 2.17. The van der Waals surface area contributed by atoms with Gasteiger partial charge in [0.2, 0.25) is 0 Å². The summed E-state index contributed by atoms with van der Waals surface area (Å²) in [6, 6.07) is 33.2. The Hall–Kier alpha value is -5.24. The van der Waals surface area contributed by atoms with Crippen LogP contribution in [0.5, 0.6) is 23.0 Å². The van der Waals surface area contributed by atoms with E-state index >= 15 is 0 Å². The zero-order chi connectivity index (χ0) is 38.0. The Morgan fingerprint density at radius 2 is 0.907 bits per heavy atom. The molecule has 8 heteroatoms. The number of fused-ring (bicyclic) bond motifs is 2. The zero-order valence-corrected chi connectivity index (χ0v) is 31.9. The fourth-order valence-electron chi connectivity index (χ4n) is 6.20. The van der Waals surface area contributed by atoms with Gasteiger partial charge in [-0.1, -0.05) is 119 Å². The minimum absolute atomic E-state index is 0.0913. The van der Waals surface area contributed by atoms with Gasteiger partial charge >= 0.3 is 11.9 Å². The minimum atomic E-state index is -0.643. The maximum Gasteiger partial charge on any atom is 0.306 e. The third-order valence-electron chi connectivity index (χ3n) is 9.15. The highest BCUT2D eigenvalue weighted by molar-refractivity contribution is 6.11. The average Bonchev–Trinajstić information content (AvgIpc) is 3.20. The van der Waals surface area contributed by atoms with E-state index in [9.17, 15) is 9.59 Å².